The van der Waals surface area contributed by atoms with Crippen molar-refractivity contribution in [3.05, 3.63) is 0 Å². The lowest BCUT2D eigenvalue weighted by molar-refractivity contribution is -0.121. The van der Waals surface area contributed by atoms with Gasteiger partial charge in [-0.05, 0) is 25.0 Å². The number of carbonyl (C=O) groups is 1. The van der Waals surface area contributed by atoms with Gasteiger partial charge in [0.25, 0.3) is 0 Å². The third kappa shape index (κ3) is 6.41. The normalized spacial score (nSPS) is 17.3. The Morgan fingerprint density at radius 3 is 2.69 bits per heavy atom. The van der Waals surface area contributed by atoms with Gasteiger partial charge in [-0.3, -0.25) is 4.79 Å². The summed E-state index contributed by atoms with van der Waals surface area (Å²) in [7, 11) is 0. The summed E-state index contributed by atoms with van der Waals surface area (Å²) in [6, 6.07) is 0.474. The van der Waals surface area contributed by atoms with Crippen LogP contribution in [0, 0.1) is 0 Å². The van der Waals surface area contributed by atoms with Gasteiger partial charge in [-0.1, -0.05) is 32.6 Å². The molecule has 1 aliphatic rings. The van der Waals surface area contributed by atoms with E-state index in [1.165, 1.54) is 50.7 Å². The lowest BCUT2D eigenvalue weighted by atomic mass is 9.95. The number of unbranched alkanes of at least 4 members (excludes halogenated alkanes) is 1. The fourth-order valence-corrected chi connectivity index (χ4v) is 3.09. The average molecular weight is 243 g/mol. The van der Waals surface area contributed by atoms with Crippen molar-refractivity contribution >= 4 is 17.7 Å². The molecule has 0 unspecified atom stereocenters. The monoisotopic (exact) mass is 243 g/mol. The first-order valence-electron chi connectivity index (χ1n) is 6.70. The summed E-state index contributed by atoms with van der Waals surface area (Å²) < 4.78 is 0. The first-order valence-corrected chi connectivity index (χ1v) is 7.85. The Bertz CT molecular complexity index is 190. The van der Waals surface area contributed by atoms with Gasteiger partial charge in [0.15, 0.2) is 0 Å². The van der Waals surface area contributed by atoms with Gasteiger partial charge in [0.2, 0.25) is 5.91 Å². The van der Waals surface area contributed by atoms with Crippen LogP contribution in [0.15, 0.2) is 0 Å². The highest BCUT2D eigenvalue weighted by Crippen LogP contribution is 2.17. The molecular weight excluding hydrogens is 218 g/mol. The van der Waals surface area contributed by atoms with Crippen LogP contribution in [-0.2, 0) is 4.79 Å². The number of amides is 1. The summed E-state index contributed by atoms with van der Waals surface area (Å²) in [6.45, 7) is 2.20. The molecule has 0 aromatic heterocycles. The van der Waals surface area contributed by atoms with E-state index in [4.69, 9.17) is 0 Å². The zero-order valence-electron chi connectivity index (χ0n) is 10.5. The standard InChI is InChI=1S/C13H25NOS/c1-2-3-10-16-11-9-13(15)14-12-7-5-4-6-8-12/h12H,2-11H2,1H3,(H,14,15). The lowest BCUT2D eigenvalue weighted by Crippen LogP contribution is -2.36. The minimum absolute atomic E-state index is 0.260. The smallest absolute Gasteiger partial charge is 0.221 e. The summed E-state index contributed by atoms with van der Waals surface area (Å²) in [5, 5.41) is 3.16. The summed E-state index contributed by atoms with van der Waals surface area (Å²) in [6.07, 6.45) is 9.52. The maximum absolute atomic E-state index is 11.6. The number of hydrogen-bond donors (Lipinski definition) is 1. The fourth-order valence-electron chi connectivity index (χ4n) is 2.06. The Hall–Kier alpha value is -0.180. The second-order valence-electron chi connectivity index (χ2n) is 4.62. The number of carbonyl (C=O) groups excluding carboxylic acids is 1. The van der Waals surface area contributed by atoms with Gasteiger partial charge in [-0.25, -0.2) is 0 Å². The zero-order valence-corrected chi connectivity index (χ0v) is 11.3. The predicted octanol–water partition coefficient (Wildman–Crippen LogP) is 3.36. The van der Waals surface area contributed by atoms with Crippen molar-refractivity contribution in [1.82, 2.24) is 5.32 Å². The van der Waals surface area contributed by atoms with E-state index in [-0.39, 0.29) is 5.91 Å². The van der Waals surface area contributed by atoms with E-state index in [2.05, 4.69) is 12.2 Å². The molecule has 1 aliphatic carbocycles. The molecule has 1 fully saturated rings. The van der Waals surface area contributed by atoms with E-state index in [1.807, 2.05) is 11.8 Å². The van der Waals surface area contributed by atoms with Crippen LogP contribution in [0.3, 0.4) is 0 Å². The van der Waals surface area contributed by atoms with Gasteiger partial charge in [0.05, 0.1) is 0 Å². The molecule has 0 bridgehead atoms. The van der Waals surface area contributed by atoms with E-state index in [0.29, 0.717) is 12.5 Å². The molecule has 16 heavy (non-hydrogen) atoms. The molecule has 1 saturated carbocycles. The maximum atomic E-state index is 11.6. The Morgan fingerprint density at radius 1 is 1.25 bits per heavy atom. The van der Waals surface area contributed by atoms with Crippen molar-refractivity contribution in [2.24, 2.45) is 0 Å². The summed E-state index contributed by atoms with van der Waals surface area (Å²) >= 11 is 1.91. The largest absolute Gasteiger partial charge is 0.353 e. The topological polar surface area (TPSA) is 29.1 Å². The molecule has 0 saturated heterocycles. The molecule has 0 spiro atoms. The summed E-state index contributed by atoms with van der Waals surface area (Å²) in [5.41, 5.74) is 0. The third-order valence-corrected chi connectivity index (χ3v) is 4.16. The van der Waals surface area contributed by atoms with Gasteiger partial charge in [-0.15, -0.1) is 0 Å². The SMILES string of the molecule is CCCCSCCC(=O)NC1CCCCC1. The average Bonchev–Trinajstić information content (AvgIpc) is 2.30. The van der Waals surface area contributed by atoms with Crippen molar-refractivity contribution in [2.45, 2.75) is 64.3 Å². The molecule has 2 nitrogen and oxygen atoms in total. The van der Waals surface area contributed by atoms with Crippen molar-refractivity contribution in [3.8, 4) is 0 Å². The molecule has 0 aromatic carbocycles. The van der Waals surface area contributed by atoms with Gasteiger partial charge in [0, 0.05) is 18.2 Å². The minimum Gasteiger partial charge on any atom is -0.353 e. The van der Waals surface area contributed by atoms with Gasteiger partial charge >= 0.3 is 0 Å². The molecular formula is C13H25NOS. The molecule has 1 N–H and O–H groups in total. The maximum Gasteiger partial charge on any atom is 0.221 e. The van der Waals surface area contributed by atoms with Gasteiger partial charge in [0.1, 0.15) is 0 Å². The molecule has 3 heteroatoms. The summed E-state index contributed by atoms with van der Waals surface area (Å²) in [5.74, 6) is 2.45. The van der Waals surface area contributed by atoms with Crippen LogP contribution < -0.4 is 5.32 Å². The Kier molecular flexibility index (Phi) is 7.73. The van der Waals surface area contributed by atoms with Crippen molar-refractivity contribution < 1.29 is 4.79 Å². The van der Waals surface area contributed by atoms with Crippen LogP contribution in [0.25, 0.3) is 0 Å². The highest BCUT2D eigenvalue weighted by molar-refractivity contribution is 7.99. The summed E-state index contributed by atoms with van der Waals surface area (Å²) in [4.78, 5) is 11.6. The quantitative estimate of drug-likeness (QED) is 0.695. The van der Waals surface area contributed by atoms with E-state index < -0.39 is 0 Å². The lowest BCUT2D eigenvalue weighted by Gasteiger charge is -2.22. The predicted molar refractivity (Wildman–Crippen MR) is 71.9 cm³/mol. The Labute approximate surface area is 104 Å². The molecule has 0 aromatic rings. The highest BCUT2D eigenvalue weighted by Gasteiger charge is 2.14. The second-order valence-corrected chi connectivity index (χ2v) is 5.84. The van der Waals surface area contributed by atoms with Crippen LogP contribution in [0.2, 0.25) is 0 Å². The van der Waals surface area contributed by atoms with Crippen LogP contribution in [0.1, 0.15) is 58.3 Å². The fraction of sp³-hybridized carbons (Fsp3) is 0.923. The molecule has 1 rings (SSSR count). The zero-order chi connectivity index (χ0) is 11.6. The first kappa shape index (κ1) is 13.9. The third-order valence-electron chi connectivity index (χ3n) is 3.09. The van der Waals surface area contributed by atoms with Gasteiger partial charge < -0.3 is 5.32 Å². The van der Waals surface area contributed by atoms with E-state index >= 15 is 0 Å². The highest BCUT2D eigenvalue weighted by atomic mass is 32.2. The molecule has 0 radical (unpaired) electrons. The van der Waals surface area contributed by atoms with Crippen molar-refractivity contribution in [1.29, 1.82) is 0 Å². The number of nitrogens with one attached hydrogen (secondary N) is 1. The molecule has 0 atom stereocenters. The molecule has 0 aliphatic heterocycles. The van der Waals surface area contributed by atoms with Crippen molar-refractivity contribution in [3.63, 3.8) is 0 Å². The van der Waals surface area contributed by atoms with Crippen LogP contribution >= 0.6 is 11.8 Å². The van der Waals surface area contributed by atoms with E-state index in [1.54, 1.807) is 0 Å². The van der Waals surface area contributed by atoms with Crippen LogP contribution in [0.4, 0.5) is 0 Å². The van der Waals surface area contributed by atoms with Crippen molar-refractivity contribution in [2.75, 3.05) is 11.5 Å². The Morgan fingerprint density at radius 2 is 2.00 bits per heavy atom. The van der Waals surface area contributed by atoms with E-state index in [0.717, 1.165) is 5.75 Å². The van der Waals surface area contributed by atoms with Crippen LogP contribution in [-0.4, -0.2) is 23.5 Å². The van der Waals surface area contributed by atoms with Gasteiger partial charge in [-0.2, -0.15) is 11.8 Å². The minimum atomic E-state index is 0.260. The Balaban J connectivity index is 1.97. The molecule has 1 amide bonds. The molecule has 0 heterocycles. The van der Waals surface area contributed by atoms with E-state index in [9.17, 15) is 4.79 Å². The first-order chi connectivity index (χ1) is 7.83. The number of hydrogen-bond acceptors (Lipinski definition) is 2. The second kappa shape index (κ2) is 8.91. The number of rotatable bonds is 7. The number of thioether (sulfide) groups is 1. The molecule has 94 valence electrons. The van der Waals surface area contributed by atoms with Crippen LogP contribution in [0.5, 0.6) is 0 Å².